The quantitative estimate of drug-likeness (QED) is 0.875. The average molecular weight is 364 g/mol. The number of hydrogen-bond acceptors (Lipinski definition) is 7. The maximum absolute atomic E-state index is 10.1. The van der Waals surface area contributed by atoms with E-state index in [2.05, 4.69) is 6.07 Å². The molecule has 0 amide bonds. The molecule has 2 saturated heterocycles. The van der Waals surface area contributed by atoms with Gasteiger partial charge in [-0.2, -0.15) is 15.8 Å². The molecule has 1 N–H and O–H groups in total. The number of nitrogens with zero attached hydrogens (tertiary/aromatic N) is 3. The van der Waals surface area contributed by atoms with Gasteiger partial charge in [0.05, 0.1) is 37.3 Å². The molecule has 0 aromatic heterocycles. The molecule has 2 aliphatic rings. The predicted octanol–water partition coefficient (Wildman–Crippen LogP) is 3.23. The second-order valence-electron chi connectivity index (χ2n) is 6.90. The smallest absolute Gasteiger partial charge is 0.243 e. The number of ether oxygens (including phenoxy) is 3. The molecule has 7 nitrogen and oxygen atoms in total. The van der Waals surface area contributed by atoms with Crippen LogP contribution in [0.4, 0.5) is 0 Å². The fraction of sp³-hybridized carbons (Fsp3) is 0.500. The summed E-state index contributed by atoms with van der Waals surface area (Å²) in [4.78, 5) is 0. The number of methoxy groups -OCH3 is 1. The van der Waals surface area contributed by atoms with E-state index in [-0.39, 0.29) is 0 Å². The molecule has 0 radical (unpaired) electrons. The van der Waals surface area contributed by atoms with Crippen LogP contribution >= 0.6 is 0 Å². The Labute approximate surface area is 158 Å². The van der Waals surface area contributed by atoms with Crippen LogP contribution in [0.15, 0.2) is 24.3 Å². The van der Waals surface area contributed by atoms with Gasteiger partial charge in [0.2, 0.25) is 11.7 Å². The van der Waals surface area contributed by atoms with Gasteiger partial charge in [0.15, 0.2) is 10.8 Å². The van der Waals surface area contributed by atoms with E-state index in [1.54, 1.807) is 38.3 Å². The van der Waals surface area contributed by atoms with Crippen LogP contribution in [-0.4, -0.2) is 19.1 Å². The van der Waals surface area contributed by atoms with Crippen molar-refractivity contribution in [2.45, 2.75) is 38.6 Å². The number of benzene rings is 1. The zero-order valence-corrected chi connectivity index (χ0v) is 15.4. The maximum Gasteiger partial charge on any atom is 0.243 e. The minimum absolute atomic E-state index is 0.393. The molecule has 2 fully saturated rings. The van der Waals surface area contributed by atoms with Crippen molar-refractivity contribution in [3.8, 4) is 24.0 Å². The van der Waals surface area contributed by atoms with E-state index in [9.17, 15) is 15.8 Å². The van der Waals surface area contributed by atoms with Gasteiger partial charge in [-0.25, -0.2) is 0 Å². The lowest BCUT2D eigenvalue weighted by Gasteiger charge is -2.48. The number of fused-ring (bicyclic) bond motifs is 2. The third kappa shape index (κ3) is 2.05. The Morgan fingerprint density at radius 1 is 1.15 bits per heavy atom. The van der Waals surface area contributed by atoms with E-state index in [0.29, 0.717) is 24.2 Å². The van der Waals surface area contributed by atoms with Crippen LogP contribution < -0.4 is 4.74 Å². The van der Waals surface area contributed by atoms with Gasteiger partial charge >= 0.3 is 0 Å². The van der Waals surface area contributed by atoms with E-state index in [0.717, 1.165) is 0 Å². The fourth-order valence-electron chi connectivity index (χ4n) is 4.32. The number of nitriles is 3. The Kier molecular flexibility index (Phi) is 4.34. The molecule has 4 atom stereocenters. The van der Waals surface area contributed by atoms with E-state index in [1.165, 1.54) is 0 Å². The minimum atomic E-state index is -1.82. The van der Waals surface area contributed by atoms with Crippen molar-refractivity contribution in [2.75, 3.05) is 7.11 Å². The molecule has 2 bridgehead atoms. The molecular formula is C20H20N4O3. The largest absolute Gasteiger partial charge is 0.497 e. The number of nitrogens with one attached hydrogen (secondary N) is 1. The third-order valence-electron chi connectivity index (χ3n) is 5.83. The molecule has 2 aliphatic heterocycles. The van der Waals surface area contributed by atoms with E-state index in [4.69, 9.17) is 19.6 Å². The second kappa shape index (κ2) is 6.27. The van der Waals surface area contributed by atoms with Crippen molar-refractivity contribution in [3.05, 3.63) is 29.8 Å². The van der Waals surface area contributed by atoms with Gasteiger partial charge in [-0.05, 0) is 30.7 Å². The number of hydrogen-bond donors (Lipinski definition) is 1. The molecule has 1 aromatic rings. The Morgan fingerprint density at radius 3 is 2.26 bits per heavy atom. The zero-order chi connectivity index (χ0) is 19.9. The van der Waals surface area contributed by atoms with Crippen LogP contribution in [0.3, 0.4) is 0 Å². The van der Waals surface area contributed by atoms with Crippen LogP contribution in [0.1, 0.15) is 32.3 Å². The summed E-state index contributed by atoms with van der Waals surface area (Å²) in [7, 11) is 1.56. The number of rotatable bonds is 4. The van der Waals surface area contributed by atoms with Gasteiger partial charge in [0.1, 0.15) is 5.75 Å². The highest BCUT2D eigenvalue weighted by Crippen LogP contribution is 2.66. The lowest BCUT2D eigenvalue weighted by molar-refractivity contribution is -0.286. The normalized spacial score (nSPS) is 33.3. The first-order chi connectivity index (χ1) is 12.9. The molecule has 138 valence electrons. The Bertz CT molecular complexity index is 878. The molecule has 0 aliphatic carbocycles. The summed E-state index contributed by atoms with van der Waals surface area (Å²) in [5, 5.41) is 38.4. The third-order valence-corrected chi connectivity index (χ3v) is 5.83. The highest BCUT2D eigenvalue weighted by atomic mass is 16.7. The Hall–Kier alpha value is -3.08. The standard InChI is InChI=1S/C20H20N4O3/c1-4-5-16-18(10-21,11-22)19(12-23)13(2)20(26-16,27-17(19)24)14-6-8-15(25-3)9-7-14/h6-9,13,16,24H,4-5H2,1-3H3. The molecule has 7 heteroatoms. The summed E-state index contributed by atoms with van der Waals surface area (Å²) in [5.74, 6) is -1.89. The summed E-state index contributed by atoms with van der Waals surface area (Å²) < 4.78 is 17.3. The van der Waals surface area contributed by atoms with Crippen molar-refractivity contribution in [1.82, 2.24) is 0 Å². The summed E-state index contributed by atoms with van der Waals surface area (Å²) in [6.07, 6.45) is 0.182. The van der Waals surface area contributed by atoms with E-state index >= 15 is 0 Å². The molecule has 27 heavy (non-hydrogen) atoms. The fourth-order valence-corrected chi connectivity index (χ4v) is 4.32. The van der Waals surface area contributed by atoms with Crippen LogP contribution in [0.25, 0.3) is 0 Å². The molecule has 0 spiro atoms. The summed E-state index contributed by atoms with van der Waals surface area (Å²) >= 11 is 0. The average Bonchev–Trinajstić information content (AvgIpc) is 2.86. The van der Waals surface area contributed by atoms with Crippen LogP contribution in [0.5, 0.6) is 5.75 Å². The summed E-state index contributed by atoms with van der Waals surface area (Å²) in [6.45, 7) is 3.61. The van der Waals surface area contributed by atoms with Gasteiger partial charge in [0, 0.05) is 5.56 Å². The Morgan fingerprint density at radius 2 is 1.78 bits per heavy atom. The lowest BCUT2D eigenvalue weighted by atomic mass is 9.53. The van der Waals surface area contributed by atoms with E-state index < -0.39 is 34.5 Å². The molecular weight excluding hydrogens is 344 g/mol. The van der Waals surface area contributed by atoms with E-state index in [1.807, 2.05) is 19.1 Å². The molecule has 0 saturated carbocycles. The summed E-state index contributed by atoms with van der Waals surface area (Å²) in [5.41, 5.74) is -2.92. The van der Waals surface area contributed by atoms with Crippen molar-refractivity contribution >= 4 is 5.90 Å². The molecule has 2 heterocycles. The molecule has 4 unspecified atom stereocenters. The lowest BCUT2D eigenvalue weighted by Crippen LogP contribution is -2.60. The van der Waals surface area contributed by atoms with Crippen LogP contribution in [0, 0.1) is 56.2 Å². The predicted molar refractivity (Wildman–Crippen MR) is 94.1 cm³/mol. The van der Waals surface area contributed by atoms with Gasteiger partial charge < -0.3 is 14.2 Å². The molecule has 3 rings (SSSR count). The van der Waals surface area contributed by atoms with Gasteiger partial charge in [0.25, 0.3) is 0 Å². The van der Waals surface area contributed by atoms with Crippen molar-refractivity contribution < 1.29 is 14.2 Å². The zero-order valence-electron chi connectivity index (χ0n) is 15.4. The Balaban J connectivity index is 2.26. The van der Waals surface area contributed by atoms with Gasteiger partial charge in [-0.3, -0.25) is 5.41 Å². The SMILES string of the molecule is CCCC1OC2(c3ccc(OC)cc3)OC(=N)C(C#N)(C2C)C1(C#N)C#N. The highest BCUT2D eigenvalue weighted by Gasteiger charge is 2.79. The van der Waals surface area contributed by atoms with Gasteiger partial charge in [-0.15, -0.1) is 0 Å². The maximum atomic E-state index is 10.1. The van der Waals surface area contributed by atoms with Crippen molar-refractivity contribution in [2.24, 2.45) is 16.7 Å². The van der Waals surface area contributed by atoms with Gasteiger partial charge in [-0.1, -0.05) is 20.3 Å². The van der Waals surface area contributed by atoms with Crippen molar-refractivity contribution in [3.63, 3.8) is 0 Å². The first kappa shape index (κ1) is 18.7. The van der Waals surface area contributed by atoms with Crippen LogP contribution in [-0.2, 0) is 15.3 Å². The summed E-state index contributed by atoms with van der Waals surface area (Å²) in [6, 6.07) is 13.1. The second-order valence-corrected chi connectivity index (χ2v) is 6.90. The minimum Gasteiger partial charge on any atom is -0.497 e. The van der Waals surface area contributed by atoms with Crippen molar-refractivity contribution in [1.29, 1.82) is 21.2 Å². The first-order valence-electron chi connectivity index (χ1n) is 8.76. The topological polar surface area (TPSA) is 123 Å². The first-order valence-corrected chi connectivity index (χ1v) is 8.76. The highest BCUT2D eigenvalue weighted by molar-refractivity contribution is 5.89. The monoisotopic (exact) mass is 364 g/mol. The van der Waals surface area contributed by atoms with Crippen LogP contribution in [0.2, 0.25) is 0 Å². The molecule has 1 aromatic carbocycles.